The molecule has 0 aliphatic carbocycles. The van der Waals surface area contributed by atoms with Gasteiger partial charge in [-0.15, -0.1) is 11.3 Å². The lowest BCUT2D eigenvalue weighted by Crippen LogP contribution is -2.49. The average Bonchev–Trinajstić information content (AvgIpc) is 2.76. The largest absolute Gasteiger partial charge is 0.366 e. The van der Waals surface area contributed by atoms with Crippen molar-refractivity contribution < 1.29 is 0 Å². The molecule has 0 radical (unpaired) electrons. The molecule has 0 unspecified atom stereocenters. The van der Waals surface area contributed by atoms with E-state index in [2.05, 4.69) is 40.3 Å². The van der Waals surface area contributed by atoms with Gasteiger partial charge >= 0.3 is 0 Å². The van der Waals surface area contributed by atoms with Crippen molar-refractivity contribution in [2.24, 2.45) is 0 Å². The van der Waals surface area contributed by atoms with Crippen LogP contribution in [-0.2, 0) is 0 Å². The predicted octanol–water partition coefficient (Wildman–Crippen LogP) is 2.09. The Morgan fingerprint density at radius 2 is 2.44 bits per heavy atom. The molecule has 1 fully saturated rings. The molecule has 84 valence electrons. The summed E-state index contributed by atoms with van der Waals surface area (Å²) < 4.78 is 1.28. The van der Waals surface area contributed by atoms with E-state index in [1.807, 2.05) is 5.51 Å². The molecule has 4 heteroatoms. The number of hydrogen-bond donors (Lipinski definition) is 1. The van der Waals surface area contributed by atoms with Crippen LogP contribution >= 0.6 is 11.3 Å². The van der Waals surface area contributed by atoms with E-state index in [1.165, 1.54) is 10.4 Å². The number of nitrogens with one attached hydrogen (secondary N) is 1. The summed E-state index contributed by atoms with van der Waals surface area (Å²) in [5, 5.41) is 3.42. The molecule has 1 aromatic heterocycles. The number of rotatable bonds is 1. The summed E-state index contributed by atoms with van der Waals surface area (Å²) in [6, 6.07) is 7.13. The van der Waals surface area contributed by atoms with Gasteiger partial charge in [0.15, 0.2) is 0 Å². The molecule has 1 aliphatic rings. The molecule has 3 rings (SSSR count). The molecule has 2 heterocycles. The molecule has 2 aromatic rings. The van der Waals surface area contributed by atoms with Gasteiger partial charge < -0.3 is 10.2 Å². The summed E-state index contributed by atoms with van der Waals surface area (Å²) in [6.07, 6.45) is 0. The highest BCUT2D eigenvalue weighted by molar-refractivity contribution is 7.16. The van der Waals surface area contributed by atoms with E-state index in [0.717, 1.165) is 25.2 Å². The van der Waals surface area contributed by atoms with E-state index in [9.17, 15) is 0 Å². The summed E-state index contributed by atoms with van der Waals surface area (Å²) in [5.74, 6) is 0. The highest BCUT2D eigenvalue weighted by atomic mass is 32.1. The van der Waals surface area contributed by atoms with E-state index in [-0.39, 0.29) is 0 Å². The minimum atomic E-state index is 0.569. The SMILES string of the molecule is C[C@H]1CNCCN1c1ccc2ncsc2c1. The second-order valence-corrected chi connectivity index (χ2v) is 5.14. The summed E-state index contributed by atoms with van der Waals surface area (Å²) in [6.45, 7) is 5.50. The van der Waals surface area contributed by atoms with Gasteiger partial charge in [-0.05, 0) is 25.1 Å². The van der Waals surface area contributed by atoms with Gasteiger partial charge in [-0.2, -0.15) is 0 Å². The standard InChI is InChI=1S/C12H15N3S/c1-9-7-13-4-5-15(9)10-2-3-11-12(6-10)16-8-14-11/h2-3,6,8-9,13H,4-5,7H2,1H3/t9-/m0/s1. The highest BCUT2D eigenvalue weighted by Crippen LogP contribution is 2.25. The van der Waals surface area contributed by atoms with Gasteiger partial charge in [-0.1, -0.05) is 0 Å². The quantitative estimate of drug-likeness (QED) is 0.817. The van der Waals surface area contributed by atoms with Crippen molar-refractivity contribution in [2.45, 2.75) is 13.0 Å². The van der Waals surface area contributed by atoms with Crippen molar-refractivity contribution in [1.82, 2.24) is 10.3 Å². The molecule has 1 atom stereocenters. The van der Waals surface area contributed by atoms with Gasteiger partial charge in [-0.25, -0.2) is 4.98 Å². The first-order chi connectivity index (χ1) is 7.84. The molecule has 0 spiro atoms. The third kappa shape index (κ3) is 1.68. The lowest BCUT2D eigenvalue weighted by Gasteiger charge is -2.35. The van der Waals surface area contributed by atoms with E-state index in [1.54, 1.807) is 11.3 Å². The monoisotopic (exact) mass is 233 g/mol. The highest BCUT2D eigenvalue weighted by Gasteiger charge is 2.18. The number of benzene rings is 1. The van der Waals surface area contributed by atoms with Crippen LogP contribution in [-0.4, -0.2) is 30.7 Å². The molecule has 1 N–H and O–H groups in total. The Bertz CT molecular complexity index is 494. The van der Waals surface area contributed by atoms with Crippen molar-refractivity contribution in [2.75, 3.05) is 24.5 Å². The summed E-state index contributed by atoms with van der Waals surface area (Å²) in [4.78, 5) is 6.78. The fourth-order valence-corrected chi connectivity index (χ4v) is 2.96. The second kappa shape index (κ2) is 4.03. The van der Waals surface area contributed by atoms with E-state index in [0.29, 0.717) is 6.04 Å². The Labute approximate surface area is 99.1 Å². The topological polar surface area (TPSA) is 28.2 Å². The molecule has 0 bridgehead atoms. The molecule has 0 saturated carbocycles. The number of piperazine rings is 1. The third-order valence-corrected chi connectivity index (χ3v) is 3.94. The number of anilines is 1. The van der Waals surface area contributed by atoms with Crippen LogP contribution in [0.25, 0.3) is 10.2 Å². The number of aromatic nitrogens is 1. The minimum absolute atomic E-state index is 0.569. The Morgan fingerprint density at radius 1 is 1.50 bits per heavy atom. The van der Waals surface area contributed by atoms with Crippen LogP contribution in [0.2, 0.25) is 0 Å². The molecule has 0 amide bonds. The van der Waals surface area contributed by atoms with Crippen molar-refractivity contribution >= 4 is 27.2 Å². The van der Waals surface area contributed by atoms with Gasteiger partial charge in [0.2, 0.25) is 0 Å². The summed E-state index contributed by atoms with van der Waals surface area (Å²) >= 11 is 1.71. The van der Waals surface area contributed by atoms with Crippen LogP contribution in [0, 0.1) is 0 Å². The fourth-order valence-electron chi connectivity index (χ4n) is 2.25. The van der Waals surface area contributed by atoms with Crippen LogP contribution in [0.4, 0.5) is 5.69 Å². The summed E-state index contributed by atoms with van der Waals surface area (Å²) in [5.41, 5.74) is 4.35. The van der Waals surface area contributed by atoms with Crippen molar-refractivity contribution in [3.63, 3.8) is 0 Å². The molecule has 1 aromatic carbocycles. The normalized spacial score (nSPS) is 21.6. The van der Waals surface area contributed by atoms with E-state index >= 15 is 0 Å². The zero-order valence-electron chi connectivity index (χ0n) is 9.31. The average molecular weight is 233 g/mol. The molecule has 3 nitrogen and oxygen atoms in total. The maximum absolute atomic E-state index is 4.31. The first-order valence-corrected chi connectivity index (χ1v) is 6.53. The van der Waals surface area contributed by atoms with Gasteiger partial charge in [0, 0.05) is 31.4 Å². The Morgan fingerprint density at radius 3 is 3.31 bits per heavy atom. The molecule has 1 saturated heterocycles. The van der Waals surface area contributed by atoms with Crippen LogP contribution in [0.3, 0.4) is 0 Å². The molecule has 1 aliphatic heterocycles. The summed E-state index contributed by atoms with van der Waals surface area (Å²) in [7, 11) is 0. The van der Waals surface area contributed by atoms with E-state index in [4.69, 9.17) is 0 Å². The van der Waals surface area contributed by atoms with Gasteiger partial charge in [0.05, 0.1) is 15.7 Å². The van der Waals surface area contributed by atoms with Crippen LogP contribution in [0.1, 0.15) is 6.92 Å². The molecular weight excluding hydrogens is 218 g/mol. The van der Waals surface area contributed by atoms with Gasteiger partial charge in [0.1, 0.15) is 0 Å². The fraction of sp³-hybridized carbons (Fsp3) is 0.417. The number of thiazole rings is 1. The van der Waals surface area contributed by atoms with Crippen molar-refractivity contribution in [3.05, 3.63) is 23.7 Å². The Hall–Kier alpha value is -1.13. The maximum Gasteiger partial charge on any atom is 0.0813 e. The smallest absolute Gasteiger partial charge is 0.0813 e. The first kappa shape index (κ1) is 10.1. The number of nitrogens with zero attached hydrogens (tertiary/aromatic N) is 2. The predicted molar refractivity (Wildman–Crippen MR) is 69.3 cm³/mol. The Kier molecular flexibility index (Phi) is 2.53. The van der Waals surface area contributed by atoms with Gasteiger partial charge in [-0.3, -0.25) is 0 Å². The third-order valence-electron chi connectivity index (χ3n) is 3.15. The lowest BCUT2D eigenvalue weighted by atomic mass is 10.2. The molecular formula is C12H15N3S. The number of hydrogen-bond acceptors (Lipinski definition) is 4. The minimum Gasteiger partial charge on any atom is -0.366 e. The van der Waals surface area contributed by atoms with Crippen LogP contribution < -0.4 is 10.2 Å². The van der Waals surface area contributed by atoms with Gasteiger partial charge in [0.25, 0.3) is 0 Å². The maximum atomic E-state index is 4.31. The Balaban J connectivity index is 1.97. The zero-order chi connectivity index (χ0) is 11.0. The lowest BCUT2D eigenvalue weighted by molar-refractivity contribution is 0.501. The number of fused-ring (bicyclic) bond motifs is 1. The van der Waals surface area contributed by atoms with Crippen LogP contribution in [0.15, 0.2) is 23.7 Å². The van der Waals surface area contributed by atoms with Crippen molar-refractivity contribution in [1.29, 1.82) is 0 Å². The molecule has 16 heavy (non-hydrogen) atoms. The van der Waals surface area contributed by atoms with Crippen LogP contribution in [0.5, 0.6) is 0 Å². The van der Waals surface area contributed by atoms with Crippen molar-refractivity contribution in [3.8, 4) is 0 Å². The second-order valence-electron chi connectivity index (χ2n) is 4.25. The first-order valence-electron chi connectivity index (χ1n) is 5.65. The van der Waals surface area contributed by atoms with E-state index < -0.39 is 0 Å². The zero-order valence-corrected chi connectivity index (χ0v) is 10.1.